The van der Waals surface area contributed by atoms with Gasteiger partial charge in [-0.3, -0.25) is 9.59 Å². The fourth-order valence-electron chi connectivity index (χ4n) is 4.20. The van der Waals surface area contributed by atoms with Crippen LogP contribution in [-0.4, -0.2) is 35.3 Å². The molecular weight excluding hydrogens is 338 g/mol. The number of carbonyl (C=O) groups excluding carboxylic acids is 2. The van der Waals surface area contributed by atoms with E-state index in [1.165, 1.54) is 11.1 Å². The fraction of sp³-hybridized carbons (Fsp3) is 0.364. The second kappa shape index (κ2) is 7.53. The topological polar surface area (TPSA) is 66.0 Å². The Morgan fingerprint density at radius 1 is 1.11 bits per heavy atom. The number of fused-ring (bicyclic) bond motifs is 1. The molecule has 27 heavy (non-hydrogen) atoms. The van der Waals surface area contributed by atoms with E-state index in [0.29, 0.717) is 6.54 Å². The van der Waals surface area contributed by atoms with Crippen LogP contribution in [0.25, 0.3) is 0 Å². The molecule has 0 aromatic heterocycles. The molecule has 2 aliphatic rings. The molecule has 4 rings (SSSR count). The predicted molar refractivity (Wildman–Crippen MR) is 104 cm³/mol. The SMILES string of the molecule is Cc1cccc(NC(=O)[C@@H]2CCCN2C(=O)[C@@H]2Cc3ccccc3C[NH2+]2)c1. The molecule has 5 nitrogen and oxygen atoms in total. The van der Waals surface area contributed by atoms with Crippen molar-refractivity contribution in [3.05, 3.63) is 65.2 Å². The van der Waals surface area contributed by atoms with Gasteiger partial charge in [-0.2, -0.15) is 0 Å². The zero-order valence-corrected chi connectivity index (χ0v) is 15.7. The fourth-order valence-corrected chi connectivity index (χ4v) is 4.20. The summed E-state index contributed by atoms with van der Waals surface area (Å²) in [7, 11) is 0. The van der Waals surface area contributed by atoms with E-state index in [-0.39, 0.29) is 23.9 Å². The van der Waals surface area contributed by atoms with Gasteiger partial charge in [0.25, 0.3) is 5.91 Å². The Bertz CT molecular complexity index is 864. The zero-order valence-electron chi connectivity index (χ0n) is 15.7. The molecule has 5 heteroatoms. The summed E-state index contributed by atoms with van der Waals surface area (Å²) in [6, 6.07) is 15.6. The number of hydrogen-bond acceptors (Lipinski definition) is 2. The molecule has 0 aliphatic carbocycles. The van der Waals surface area contributed by atoms with Gasteiger partial charge in [-0.25, -0.2) is 0 Å². The molecule has 2 atom stereocenters. The van der Waals surface area contributed by atoms with Crippen LogP contribution in [0, 0.1) is 6.92 Å². The maximum absolute atomic E-state index is 13.1. The number of nitrogens with two attached hydrogens (primary N) is 1. The minimum absolute atomic E-state index is 0.0809. The Balaban J connectivity index is 1.45. The van der Waals surface area contributed by atoms with Gasteiger partial charge >= 0.3 is 0 Å². The van der Waals surface area contributed by atoms with Gasteiger partial charge in [0.1, 0.15) is 12.6 Å². The highest BCUT2D eigenvalue weighted by Crippen LogP contribution is 2.22. The van der Waals surface area contributed by atoms with Crippen molar-refractivity contribution in [2.45, 2.75) is 44.8 Å². The summed E-state index contributed by atoms with van der Waals surface area (Å²) in [4.78, 5) is 27.7. The van der Waals surface area contributed by atoms with Crippen LogP contribution >= 0.6 is 0 Å². The van der Waals surface area contributed by atoms with Gasteiger partial charge < -0.3 is 15.5 Å². The Morgan fingerprint density at radius 3 is 2.74 bits per heavy atom. The molecule has 0 spiro atoms. The van der Waals surface area contributed by atoms with Gasteiger partial charge in [0, 0.05) is 24.2 Å². The first kappa shape index (κ1) is 17.7. The van der Waals surface area contributed by atoms with E-state index in [0.717, 1.165) is 37.1 Å². The van der Waals surface area contributed by atoms with Gasteiger partial charge in [-0.15, -0.1) is 0 Å². The van der Waals surface area contributed by atoms with E-state index in [2.05, 4.69) is 22.8 Å². The third-order valence-electron chi connectivity index (χ3n) is 5.62. The number of likely N-dealkylation sites (tertiary alicyclic amines) is 1. The first-order valence-corrected chi connectivity index (χ1v) is 9.70. The van der Waals surface area contributed by atoms with Gasteiger partial charge in [0.2, 0.25) is 5.91 Å². The molecule has 0 unspecified atom stereocenters. The standard InChI is InChI=1S/C22H25N3O2/c1-15-6-4-9-18(12-15)24-21(26)20-10-5-11-25(20)22(27)19-13-16-7-2-3-8-17(16)14-23-19/h2-4,6-9,12,19-20,23H,5,10-11,13-14H2,1H3,(H,24,26)/p+1/t19-,20-/m0/s1. The van der Waals surface area contributed by atoms with Crippen LogP contribution < -0.4 is 10.6 Å². The third kappa shape index (κ3) is 3.74. The van der Waals surface area contributed by atoms with Crippen LogP contribution in [0.3, 0.4) is 0 Å². The minimum Gasteiger partial charge on any atom is -0.332 e. The maximum Gasteiger partial charge on any atom is 0.281 e. The van der Waals surface area contributed by atoms with E-state index < -0.39 is 0 Å². The number of benzene rings is 2. The monoisotopic (exact) mass is 364 g/mol. The third-order valence-corrected chi connectivity index (χ3v) is 5.62. The summed E-state index contributed by atoms with van der Waals surface area (Å²) >= 11 is 0. The normalized spacial score (nSPS) is 21.6. The highest BCUT2D eigenvalue weighted by Gasteiger charge is 2.39. The molecule has 3 N–H and O–H groups in total. The highest BCUT2D eigenvalue weighted by molar-refractivity contribution is 5.98. The largest absolute Gasteiger partial charge is 0.332 e. The molecule has 2 heterocycles. The Hall–Kier alpha value is -2.66. The van der Waals surface area contributed by atoms with Gasteiger partial charge in [-0.1, -0.05) is 36.4 Å². The van der Waals surface area contributed by atoms with Crippen LogP contribution in [0.15, 0.2) is 48.5 Å². The maximum atomic E-state index is 13.1. The lowest BCUT2D eigenvalue weighted by atomic mass is 9.95. The molecule has 140 valence electrons. The number of nitrogens with zero attached hydrogens (tertiary/aromatic N) is 1. The summed E-state index contributed by atoms with van der Waals surface area (Å²) in [5.41, 5.74) is 4.44. The molecule has 2 aromatic rings. The van der Waals surface area contributed by atoms with Gasteiger partial charge in [-0.05, 0) is 43.0 Å². The number of quaternary nitrogens is 1. The number of amides is 2. The molecule has 2 aromatic carbocycles. The molecule has 2 aliphatic heterocycles. The lowest BCUT2D eigenvalue weighted by Gasteiger charge is -2.29. The van der Waals surface area contributed by atoms with E-state index in [4.69, 9.17) is 0 Å². The lowest BCUT2D eigenvalue weighted by Crippen LogP contribution is -2.93. The van der Waals surface area contributed by atoms with E-state index in [1.54, 1.807) is 4.90 Å². The first-order valence-electron chi connectivity index (χ1n) is 9.70. The van der Waals surface area contributed by atoms with Crippen molar-refractivity contribution in [3.8, 4) is 0 Å². The second-order valence-corrected chi connectivity index (χ2v) is 7.57. The average Bonchev–Trinajstić information content (AvgIpc) is 3.17. The number of aryl methyl sites for hydroxylation is 1. The number of hydrogen-bond donors (Lipinski definition) is 2. The number of nitrogens with one attached hydrogen (secondary N) is 1. The molecular formula is C22H26N3O2+. The molecule has 0 bridgehead atoms. The first-order chi connectivity index (χ1) is 13.1. The summed E-state index contributed by atoms with van der Waals surface area (Å²) in [6.45, 7) is 3.48. The minimum atomic E-state index is -0.372. The van der Waals surface area contributed by atoms with Crippen LogP contribution in [0.2, 0.25) is 0 Å². The summed E-state index contributed by atoms with van der Waals surface area (Å²) in [5, 5.41) is 5.09. The Labute approximate surface area is 159 Å². The number of rotatable bonds is 3. The van der Waals surface area contributed by atoms with Gasteiger partial charge in [0.05, 0.1) is 0 Å². The predicted octanol–water partition coefficient (Wildman–Crippen LogP) is 1.61. The van der Waals surface area contributed by atoms with Crippen LogP contribution in [-0.2, 0) is 22.6 Å². The van der Waals surface area contributed by atoms with E-state index >= 15 is 0 Å². The molecule has 0 saturated carbocycles. The highest BCUT2D eigenvalue weighted by atomic mass is 16.2. The Morgan fingerprint density at radius 2 is 1.93 bits per heavy atom. The second-order valence-electron chi connectivity index (χ2n) is 7.57. The van der Waals surface area contributed by atoms with Crippen molar-refractivity contribution in [2.75, 3.05) is 11.9 Å². The van der Waals surface area contributed by atoms with Crippen LogP contribution in [0.5, 0.6) is 0 Å². The summed E-state index contributed by atoms with van der Waals surface area (Å²) < 4.78 is 0. The van der Waals surface area contributed by atoms with Crippen molar-refractivity contribution in [1.29, 1.82) is 0 Å². The summed E-state index contributed by atoms with van der Waals surface area (Å²) in [6.07, 6.45) is 2.34. The molecule has 0 radical (unpaired) electrons. The lowest BCUT2D eigenvalue weighted by molar-refractivity contribution is -0.695. The quantitative estimate of drug-likeness (QED) is 0.869. The van der Waals surface area contributed by atoms with Crippen molar-refractivity contribution >= 4 is 17.5 Å². The summed E-state index contributed by atoms with van der Waals surface area (Å²) in [5.74, 6) is 0.00838. The van der Waals surface area contributed by atoms with Crippen LogP contribution in [0.1, 0.15) is 29.5 Å². The van der Waals surface area contributed by atoms with Crippen LogP contribution in [0.4, 0.5) is 5.69 Å². The van der Waals surface area contributed by atoms with Crippen molar-refractivity contribution in [2.24, 2.45) is 0 Å². The smallest absolute Gasteiger partial charge is 0.281 e. The molecule has 1 saturated heterocycles. The van der Waals surface area contributed by atoms with Crippen molar-refractivity contribution < 1.29 is 14.9 Å². The average molecular weight is 364 g/mol. The van der Waals surface area contributed by atoms with Gasteiger partial charge in [0.15, 0.2) is 6.04 Å². The molecule has 2 amide bonds. The zero-order chi connectivity index (χ0) is 18.8. The van der Waals surface area contributed by atoms with Crippen molar-refractivity contribution in [3.63, 3.8) is 0 Å². The Kier molecular flexibility index (Phi) is 4.94. The van der Waals surface area contributed by atoms with E-state index in [1.807, 2.05) is 43.3 Å². The van der Waals surface area contributed by atoms with E-state index in [9.17, 15) is 9.59 Å². The molecule has 1 fully saturated rings. The number of anilines is 1. The van der Waals surface area contributed by atoms with Crippen molar-refractivity contribution in [1.82, 2.24) is 4.90 Å². The number of carbonyl (C=O) groups is 2.